The molecule has 11 heteroatoms. The molecule has 3 aromatic rings. The number of fused-ring (bicyclic) bond motifs is 5. The number of ether oxygens (including phenoxy) is 4. The van der Waals surface area contributed by atoms with Crippen LogP contribution in [0.2, 0.25) is 0 Å². The molecule has 0 bridgehead atoms. The number of carbonyl (C=O) groups is 2. The summed E-state index contributed by atoms with van der Waals surface area (Å²) in [6.45, 7) is 3.38. The lowest BCUT2D eigenvalue weighted by atomic mass is 9.74. The molecule has 3 aromatic carbocycles. The minimum atomic E-state index is -2.01. The Morgan fingerprint density at radius 1 is 0.951 bits per heavy atom. The van der Waals surface area contributed by atoms with Gasteiger partial charge in [0.15, 0.2) is 0 Å². The number of aryl methyl sites for hydroxylation is 1. The van der Waals surface area contributed by atoms with E-state index in [1.54, 1.807) is 32.1 Å². The number of rotatable bonds is 4. The van der Waals surface area contributed by atoms with Crippen molar-refractivity contribution in [3.8, 4) is 39.9 Å². The first-order valence-corrected chi connectivity index (χ1v) is 12.5. The Morgan fingerprint density at radius 2 is 1.61 bits per heavy atom. The SMILES string of the molecule is COc1cc(O)c2c(c1)C1=CC3=Nc4cc(C)c(-c5cc(OC)cc(O)c5C(=O)O)cc4O[C@@]3(O)C[C@@]1(C)OC2=O. The highest BCUT2D eigenvalue weighted by Crippen LogP contribution is 2.52. The fraction of sp³-hybridized carbons (Fsp3) is 0.233. The minimum Gasteiger partial charge on any atom is -0.507 e. The molecular weight excluding hydrogens is 534 g/mol. The van der Waals surface area contributed by atoms with Gasteiger partial charge in [-0.1, -0.05) is 0 Å². The third kappa shape index (κ3) is 3.88. The van der Waals surface area contributed by atoms with E-state index in [2.05, 4.69) is 4.99 Å². The number of nitrogens with zero attached hydrogens (tertiary/aromatic N) is 1. The van der Waals surface area contributed by atoms with Crippen LogP contribution in [0.4, 0.5) is 5.69 Å². The molecule has 0 fully saturated rings. The van der Waals surface area contributed by atoms with Gasteiger partial charge in [-0.3, -0.25) is 0 Å². The van der Waals surface area contributed by atoms with Gasteiger partial charge in [0, 0.05) is 28.8 Å². The van der Waals surface area contributed by atoms with Gasteiger partial charge in [0.25, 0.3) is 5.79 Å². The normalized spacial score (nSPS) is 22.0. The lowest BCUT2D eigenvalue weighted by Crippen LogP contribution is -2.56. The monoisotopic (exact) mass is 559 g/mol. The molecule has 2 atom stereocenters. The van der Waals surface area contributed by atoms with Gasteiger partial charge in [-0.2, -0.15) is 0 Å². The molecule has 11 nitrogen and oxygen atoms in total. The van der Waals surface area contributed by atoms with Gasteiger partial charge in [-0.15, -0.1) is 0 Å². The fourth-order valence-corrected chi connectivity index (χ4v) is 5.71. The molecule has 4 N–H and O–H groups in total. The van der Waals surface area contributed by atoms with E-state index in [-0.39, 0.29) is 46.1 Å². The van der Waals surface area contributed by atoms with Crippen molar-refractivity contribution in [2.75, 3.05) is 14.2 Å². The molecule has 6 rings (SSSR count). The molecule has 0 radical (unpaired) electrons. The molecule has 3 aliphatic rings. The lowest BCUT2D eigenvalue weighted by Gasteiger charge is -2.46. The zero-order valence-electron chi connectivity index (χ0n) is 22.4. The molecule has 2 aliphatic heterocycles. The van der Waals surface area contributed by atoms with Crippen LogP contribution in [0.3, 0.4) is 0 Å². The molecular formula is C30H25NO10. The van der Waals surface area contributed by atoms with Crippen molar-refractivity contribution in [2.24, 2.45) is 4.99 Å². The number of phenolic OH excluding ortho intramolecular Hbond substituents is 1. The summed E-state index contributed by atoms with van der Waals surface area (Å²) in [5.41, 5.74) is 0.947. The zero-order chi connectivity index (χ0) is 29.4. The molecule has 0 aromatic heterocycles. The number of phenols is 2. The summed E-state index contributed by atoms with van der Waals surface area (Å²) in [7, 11) is 2.83. The fourth-order valence-electron chi connectivity index (χ4n) is 5.71. The van der Waals surface area contributed by atoms with Gasteiger partial charge >= 0.3 is 11.9 Å². The first-order valence-electron chi connectivity index (χ1n) is 12.5. The Labute approximate surface area is 233 Å². The number of esters is 1. The zero-order valence-corrected chi connectivity index (χ0v) is 22.4. The Balaban J connectivity index is 1.52. The summed E-state index contributed by atoms with van der Waals surface area (Å²) in [5.74, 6) is -4.15. The third-order valence-corrected chi connectivity index (χ3v) is 7.62. The molecule has 0 amide bonds. The van der Waals surface area contributed by atoms with Crippen LogP contribution in [-0.4, -0.2) is 63.7 Å². The largest absolute Gasteiger partial charge is 0.507 e. The van der Waals surface area contributed by atoms with Crippen LogP contribution >= 0.6 is 0 Å². The minimum absolute atomic E-state index is 0.0195. The maximum Gasteiger partial charge on any atom is 0.343 e. The van der Waals surface area contributed by atoms with Gasteiger partial charge in [0.1, 0.15) is 56.9 Å². The average Bonchev–Trinajstić information content (AvgIpc) is 2.89. The number of aromatic carboxylic acids is 1. The summed E-state index contributed by atoms with van der Waals surface area (Å²) in [6.07, 6.45) is 1.35. The second-order valence-corrected chi connectivity index (χ2v) is 10.3. The second kappa shape index (κ2) is 8.73. The highest BCUT2D eigenvalue weighted by atomic mass is 16.6. The standard InChI is InChI=1S/C30H25NO10/c1-13-5-20-23(10-16(13)17-6-14(38-3)8-21(32)25(17)27(34)35)40-30(37)12-29(2)19(11-24(30)31-20)18-7-15(39-4)9-22(33)26(18)28(36)41-29/h5-11,32-33,37H,12H2,1-4H3,(H,34,35)/t29-,30+/m1/s1. The van der Waals surface area contributed by atoms with Crippen molar-refractivity contribution in [1.29, 1.82) is 0 Å². The van der Waals surface area contributed by atoms with Crippen molar-refractivity contribution in [3.05, 3.63) is 64.7 Å². The third-order valence-electron chi connectivity index (χ3n) is 7.62. The predicted molar refractivity (Wildman–Crippen MR) is 146 cm³/mol. The molecule has 0 unspecified atom stereocenters. The van der Waals surface area contributed by atoms with Gasteiger partial charge in [-0.05, 0) is 55.3 Å². The quantitative estimate of drug-likeness (QED) is 0.338. The summed E-state index contributed by atoms with van der Waals surface area (Å²) in [5, 5.41) is 42.4. The molecule has 210 valence electrons. The molecule has 41 heavy (non-hydrogen) atoms. The Hall–Kier alpha value is -5.03. The van der Waals surface area contributed by atoms with Gasteiger partial charge in [0.05, 0.1) is 20.6 Å². The van der Waals surface area contributed by atoms with E-state index < -0.39 is 29.1 Å². The number of hydrogen-bond donors (Lipinski definition) is 4. The predicted octanol–water partition coefficient (Wildman–Crippen LogP) is 4.36. The molecule has 0 spiro atoms. The molecule has 2 heterocycles. The smallest absolute Gasteiger partial charge is 0.343 e. The van der Waals surface area contributed by atoms with Gasteiger partial charge < -0.3 is 39.4 Å². The van der Waals surface area contributed by atoms with Gasteiger partial charge in [-0.25, -0.2) is 14.6 Å². The average molecular weight is 560 g/mol. The van der Waals surface area contributed by atoms with Crippen LogP contribution in [0.15, 0.2) is 47.5 Å². The van der Waals surface area contributed by atoms with Crippen LogP contribution in [0.5, 0.6) is 28.7 Å². The molecule has 0 saturated heterocycles. The van der Waals surface area contributed by atoms with Crippen molar-refractivity contribution in [1.82, 2.24) is 0 Å². The van der Waals surface area contributed by atoms with Crippen LogP contribution in [-0.2, 0) is 4.74 Å². The highest BCUT2D eigenvalue weighted by Gasteiger charge is 2.55. The Bertz CT molecular complexity index is 1760. The molecule has 1 aliphatic carbocycles. The summed E-state index contributed by atoms with van der Waals surface area (Å²) >= 11 is 0. The van der Waals surface area contributed by atoms with Crippen molar-refractivity contribution in [2.45, 2.75) is 31.7 Å². The lowest BCUT2D eigenvalue weighted by molar-refractivity contribution is -0.119. The first-order chi connectivity index (χ1) is 19.4. The summed E-state index contributed by atoms with van der Waals surface area (Å²) in [6, 6.07) is 8.84. The van der Waals surface area contributed by atoms with E-state index in [4.69, 9.17) is 18.9 Å². The van der Waals surface area contributed by atoms with Crippen molar-refractivity contribution >= 4 is 28.9 Å². The van der Waals surface area contributed by atoms with Crippen LogP contribution in [0.25, 0.3) is 16.7 Å². The topological polar surface area (TPSA) is 164 Å². The highest BCUT2D eigenvalue weighted by molar-refractivity contribution is 6.14. The second-order valence-electron chi connectivity index (χ2n) is 10.3. The van der Waals surface area contributed by atoms with E-state index in [0.717, 1.165) is 0 Å². The van der Waals surface area contributed by atoms with Crippen molar-refractivity contribution < 1.29 is 49.0 Å². The van der Waals surface area contributed by atoms with E-state index in [0.29, 0.717) is 33.7 Å². The van der Waals surface area contributed by atoms with Crippen LogP contribution in [0, 0.1) is 6.92 Å². The number of carboxylic acids is 1. The summed E-state index contributed by atoms with van der Waals surface area (Å²) < 4.78 is 22.4. The maximum absolute atomic E-state index is 13.0. The number of carbonyl (C=O) groups excluding carboxylic acids is 1. The van der Waals surface area contributed by atoms with E-state index in [9.17, 15) is 30.0 Å². The van der Waals surface area contributed by atoms with E-state index >= 15 is 0 Å². The summed E-state index contributed by atoms with van der Waals surface area (Å²) in [4.78, 5) is 29.7. The van der Waals surface area contributed by atoms with Crippen LogP contribution in [0.1, 0.15) is 45.2 Å². The number of aromatic hydroxyl groups is 2. The number of hydrogen-bond acceptors (Lipinski definition) is 10. The van der Waals surface area contributed by atoms with Crippen molar-refractivity contribution in [3.63, 3.8) is 0 Å². The molecule has 0 saturated carbocycles. The first kappa shape index (κ1) is 26.2. The van der Waals surface area contributed by atoms with E-state index in [1.807, 2.05) is 0 Å². The Morgan fingerprint density at radius 3 is 2.27 bits per heavy atom. The Kier molecular flexibility index (Phi) is 5.58. The number of aliphatic hydroxyl groups is 1. The van der Waals surface area contributed by atoms with Gasteiger partial charge in [0.2, 0.25) is 0 Å². The van der Waals surface area contributed by atoms with Crippen LogP contribution < -0.4 is 14.2 Å². The maximum atomic E-state index is 13.0. The number of aliphatic imine (C=N–C) groups is 1. The number of benzene rings is 3. The van der Waals surface area contributed by atoms with E-state index in [1.165, 1.54) is 38.5 Å². The number of carboxylic acid groups (broad SMARTS) is 1. The number of methoxy groups -OCH3 is 2.